The summed E-state index contributed by atoms with van der Waals surface area (Å²) in [6, 6.07) is 0.481. The van der Waals surface area contributed by atoms with Gasteiger partial charge in [0, 0.05) is 11.7 Å². The second kappa shape index (κ2) is 7.34. The van der Waals surface area contributed by atoms with E-state index in [0.29, 0.717) is 18.6 Å². The normalized spacial score (nSPS) is 28.9. The van der Waals surface area contributed by atoms with Crippen molar-refractivity contribution in [1.82, 2.24) is 5.32 Å². The number of carbonyl (C=O) groups is 1. The number of nitrogens with one attached hydrogen (secondary N) is 1. The molecule has 0 aliphatic heterocycles. The van der Waals surface area contributed by atoms with Gasteiger partial charge in [-0.2, -0.15) is 0 Å². The van der Waals surface area contributed by atoms with Gasteiger partial charge in [0.15, 0.2) is 0 Å². The fourth-order valence-electron chi connectivity index (χ4n) is 3.51. The molecule has 0 radical (unpaired) electrons. The van der Waals surface area contributed by atoms with E-state index in [1.165, 1.54) is 11.3 Å². The molecule has 0 aromatic rings. The molecule has 2 rings (SSSR count). The molecule has 3 heteroatoms. The second-order valence-electron chi connectivity index (χ2n) is 7.21. The Bertz CT molecular complexity index is 454. The van der Waals surface area contributed by atoms with Crippen LogP contribution < -0.4 is 5.32 Å². The average Bonchev–Trinajstić information content (AvgIpc) is 2.50. The summed E-state index contributed by atoms with van der Waals surface area (Å²) in [5.41, 5.74) is 2.49. The zero-order valence-corrected chi connectivity index (χ0v) is 14.6. The first-order valence-electron chi connectivity index (χ1n) is 8.80. The Kier molecular flexibility index (Phi) is 5.71. The molecule has 22 heavy (non-hydrogen) atoms. The summed E-state index contributed by atoms with van der Waals surface area (Å²) in [4.78, 5) is 12.1. The third kappa shape index (κ3) is 3.93. The lowest BCUT2D eigenvalue weighted by molar-refractivity contribution is -0.156. The van der Waals surface area contributed by atoms with Crippen LogP contribution in [0.1, 0.15) is 66.2 Å². The zero-order valence-electron chi connectivity index (χ0n) is 14.6. The van der Waals surface area contributed by atoms with Crippen LogP contribution in [-0.4, -0.2) is 18.6 Å². The molecule has 1 N–H and O–H groups in total. The number of rotatable bonds is 5. The molecule has 0 aromatic carbocycles. The lowest BCUT2D eigenvalue weighted by Gasteiger charge is -2.37. The van der Waals surface area contributed by atoms with Crippen LogP contribution >= 0.6 is 0 Å². The number of allylic oxidation sites excluding steroid dienone is 3. The summed E-state index contributed by atoms with van der Waals surface area (Å²) in [5.74, 6) is 0.542. The van der Waals surface area contributed by atoms with Gasteiger partial charge in [-0.05, 0) is 63.9 Å². The summed E-state index contributed by atoms with van der Waals surface area (Å²) in [7, 11) is 0. The van der Waals surface area contributed by atoms with Gasteiger partial charge in [0.25, 0.3) is 0 Å². The van der Waals surface area contributed by atoms with Crippen molar-refractivity contribution in [3.8, 4) is 0 Å². The zero-order chi connectivity index (χ0) is 16.2. The Balaban J connectivity index is 1.91. The fraction of sp³-hybridized carbons (Fsp3) is 0.737. The Morgan fingerprint density at radius 2 is 1.95 bits per heavy atom. The summed E-state index contributed by atoms with van der Waals surface area (Å²) in [5, 5.41) is 3.74. The standard InChI is InChI=1S/C19H31NO2/c1-5-22-18(21)19(4)12-10-15(11-13-19)20-17-9-7-6-8-16(17)14(2)3/h8-9,14-15,20H,5-7,10-13H2,1-4H3. The van der Waals surface area contributed by atoms with Crippen LogP contribution in [-0.2, 0) is 9.53 Å². The molecule has 3 nitrogen and oxygen atoms in total. The number of carbonyl (C=O) groups excluding carboxylic acids is 1. The Labute approximate surface area is 135 Å². The van der Waals surface area contributed by atoms with Gasteiger partial charge in [0.05, 0.1) is 12.0 Å². The van der Waals surface area contributed by atoms with Crippen molar-refractivity contribution in [2.45, 2.75) is 72.3 Å². The maximum Gasteiger partial charge on any atom is 0.311 e. The lowest BCUT2D eigenvalue weighted by Crippen LogP contribution is -2.41. The highest BCUT2D eigenvalue weighted by Crippen LogP contribution is 2.38. The van der Waals surface area contributed by atoms with E-state index in [1.54, 1.807) is 0 Å². The molecule has 0 unspecified atom stereocenters. The summed E-state index contributed by atoms with van der Waals surface area (Å²) in [6.45, 7) is 8.92. The Morgan fingerprint density at radius 1 is 1.32 bits per heavy atom. The molecule has 0 heterocycles. The molecule has 0 atom stereocenters. The molecule has 1 fully saturated rings. The lowest BCUT2D eigenvalue weighted by atomic mass is 9.74. The molecule has 0 saturated heterocycles. The third-order valence-corrected chi connectivity index (χ3v) is 5.03. The van der Waals surface area contributed by atoms with Crippen LogP contribution in [0.4, 0.5) is 0 Å². The number of esters is 1. The largest absolute Gasteiger partial charge is 0.466 e. The second-order valence-corrected chi connectivity index (χ2v) is 7.21. The topological polar surface area (TPSA) is 38.3 Å². The van der Waals surface area contributed by atoms with Crippen molar-refractivity contribution < 1.29 is 9.53 Å². The molecule has 1 saturated carbocycles. The van der Waals surface area contributed by atoms with Crippen molar-refractivity contribution in [2.24, 2.45) is 11.3 Å². The monoisotopic (exact) mass is 305 g/mol. The van der Waals surface area contributed by atoms with Crippen molar-refractivity contribution in [3.05, 3.63) is 23.4 Å². The van der Waals surface area contributed by atoms with Crippen molar-refractivity contribution >= 4 is 5.97 Å². The first-order chi connectivity index (χ1) is 10.5. The molecule has 0 aromatic heterocycles. The smallest absolute Gasteiger partial charge is 0.311 e. The van der Waals surface area contributed by atoms with E-state index in [-0.39, 0.29) is 11.4 Å². The third-order valence-electron chi connectivity index (χ3n) is 5.03. The minimum atomic E-state index is -0.286. The molecule has 124 valence electrons. The van der Waals surface area contributed by atoms with Gasteiger partial charge in [0.1, 0.15) is 0 Å². The highest BCUT2D eigenvalue weighted by atomic mass is 16.5. The van der Waals surface area contributed by atoms with Gasteiger partial charge in [-0.15, -0.1) is 0 Å². The van der Waals surface area contributed by atoms with Gasteiger partial charge in [-0.25, -0.2) is 0 Å². The summed E-state index contributed by atoms with van der Waals surface area (Å²) in [6.07, 6.45) is 10.9. The predicted octanol–water partition coefficient (Wildman–Crippen LogP) is 4.35. The number of hydrogen-bond donors (Lipinski definition) is 1. The van der Waals surface area contributed by atoms with Crippen molar-refractivity contribution in [2.75, 3.05) is 6.61 Å². The first kappa shape index (κ1) is 17.1. The van der Waals surface area contributed by atoms with E-state index < -0.39 is 0 Å². The average molecular weight is 305 g/mol. The molecule has 0 bridgehead atoms. The van der Waals surface area contributed by atoms with Crippen LogP contribution in [0.3, 0.4) is 0 Å². The van der Waals surface area contributed by atoms with Crippen LogP contribution in [0, 0.1) is 11.3 Å². The fourth-order valence-corrected chi connectivity index (χ4v) is 3.51. The minimum Gasteiger partial charge on any atom is -0.466 e. The van der Waals surface area contributed by atoms with Gasteiger partial charge in [-0.1, -0.05) is 26.0 Å². The van der Waals surface area contributed by atoms with E-state index >= 15 is 0 Å². The van der Waals surface area contributed by atoms with E-state index in [0.717, 1.165) is 38.5 Å². The van der Waals surface area contributed by atoms with Gasteiger partial charge >= 0.3 is 5.97 Å². The summed E-state index contributed by atoms with van der Waals surface area (Å²) >= 11 is 0. The maximum absolute atomic E-state index is 12.1. The SMILES string of the molecule is CCOC(=O)C1(C)CCC(NC2=CCCC=C2C(C)C)CC1. The van der Waals surface area contributed by atoms with Crippen molar-refractivity contribution in [1.29, 1.82) is 0 Å². The van der Waals surface area contributed by atoms with E-state index in [1.807, 2.05) is 6.92 Å². The van der Waals surface area contributed by atoms with Crippen LogP contribution in [0.5, 0.6) is 0 Å². The van der Waals surface area contributed by atoms with E-state index in [4.69, 9.17) is 4.74 Å². The van der Waals surface area contributed by atoms with Gasteiger partial charge in [0.2, 0.25) is 0 Å². The molecule has 0 amide bonds. The van der Waals surface area contributed by atoms with E-state index in [9.17, 15) is 4.79 Å². The van der Waals surface area contributed by atoms with Crippen LogP contribution in [0.15, 0.2) is 23.4 Å². The maximum atomic E-state index is 12.1. The molecule has 2 aliphatic rings. The van der Waals surface area contributed by atoms with E-state index in [2.05, 4.69) is 38.2 Å². The number of ether oxygens (including phenoxy) is 1. The molecular weight excluding hydrogens is 274 g/mol. The highest BCUT2D eigenvalue weighted by molar-refractivity contribution is 5.76. The quantitative estimate of drug-likeness (QED) is 0.767. The molecule has 0 spiro atoms. The molecule has 2 aliphatic carbocycles. The first-order valence-corrected chi connectivity index (χ1v) is 8.80. The van der Waals surface area contributed by atoms with Crippen molar-refractivity contribution in [3.63, 3.8) is 0 Å². The Hall–Kier alpha value is -1.25. The minimum absolute atomic E-state index is 0.0203. The van der Waals surface area contributed by atoms with Crippen LogP contribution in [0.2, 0.25) is 0 Å². The van der Waals surface area contributed by atoms with Crippen LogP contribution in [0.25, 0.3) is 0 Å². The van der Waals surface area contributed by atoms with Gasteiger partial charge in [-0.3, -0.25) is 4.79 Å². The Morgan fingerprint density at radius 3 is 2.55 bits per heavy atom. The van der Waals surface area contributed by atoms with Gasteiger partial charge < -0.3 is 10.1 Å². The number of hydrogen-bond acceptors (Lipinski definition) is 3. The molecular formula is C19H31NO2. The summed E-state index contributed by atoms with van der Waals surface area (Å²) < 4.78 is 5.24. The highest BCUT2D eigenvalue weighted by Gasteiger charge is 2.38. The predicted molar refractivity (Wildman–Crippen MR) is 90.4 cm³/mol.